The largest absolute Gasteiger partial charge is 0.515 e. The van der Waals surface area contributed by atoms with Crippen molar-refractivity contribution in [1.82, 2.24) is 0 Å². The van der Waals surface area contributed by atoms with E-state index >= 15 is 0 Å². The molecule has 1 fully saturated rings. The van der Waals surface area contributed by atoms with Gasteiger partial charge in [-0.2, -0.15) is 0 Å². The molecule has 24 heavy (non-hydrogen) atoms. The maximum Gasteiger partial charge on any atom is 0.163 e. The normalized spacial score (nSPS) is 15.7. The Morgan fingerprint density at radius 2 is 1.92 bits per heavy atom. The molecule has 0 radical (unpaired) electrons. The van der Waals surface area contributed by atoms with E-state index in [1.807, 2.05) is 26.0 Å². The van der Waals surface area contributed by atoms with Crippen LogP contribution in [-0.4, -0.2) is 24.1 Å². The van der Waals surface area contributed by atoms with Gasteiger partial charge in [-0.15, -0.1) is 0 Å². The number of carbonyl (C=O) groups is 1. The highest BCUT2D eigenvalue weighted by Crippen LogP contribution is 2.29. The maximum absolute atomic E-state index is 11.3. The molecule has 0 atom stereocenters. The first-order valence-corrected chi connectivity index (χ1v) is 8.91. The van der Waals surface area contributed by atoms with Gasteiger partial charge in [0.05, 0.1) is 17.9 Å². The number of methoxy groups -OCH3 is 1. The lowest BCUT2D eigenvalue weighted by Gasteiger charge is -2.21. The van der Waals surface area contributed by atoms with Gasteiger partial charge in [0.1, 0.15) is 0 Å². The Hall–Kier alpha value is -1.39. The first kappa shape index (κ1) is 20.7. The molecule has 0 amide bonds. The molecule has 0 spiro atoms. The standard InChI is InChI=1S/C12H13BrO2.C8H14O/c1-7-4-5-11(13)8(2)12(7)10(6-14)9(3)15;1-7-3-5-8(9-2)6-4-7/h4-6,14H,1-3H3;8H,1,3-6H2,2H3/b10-6-;. The molecule has 132 valence electrons. The molecule has 1 aromatic rings. The minimum Gasteiger partial charge on any atom is -0.515 e. The summed E-state index contributed by atoms with van der Waals surface area (Å²) in [6.45, 7) is 9.21. The molecular formula is C20H27BrO3. The Bertz CT molecular complexity index is 622. The number of aliphatic hydroxyl groups is 1. The van der Waals surface area contributed by atoms with Gasteiger partial charge in [0.25, 0.3) is 0 Å². The molecule has 0 bridgehead atoms. The van der Waals surface area contributed by atoms with Gasteiger partial charge in [-0.25, -0.2) is 0 Å². The minimum atomic E-state index is -0.137. The topological polar surface area (TPSA) is 46.5 Å². The molecule has 1 aliphatic carbocycles. The molecule has 1 aromatic carbocycles. The number of Topliss-reactive ketones (excluding diaryl/α,β-unsaturated/α-hetero) is 1. The van der Waals surface area contributed by atoms with E-state index in [2.05, 4.69) is 22.5 Å². The summed E-state index contributed by atoms with van der Waals surface area (Å²) in [5, 5.41) is 9.09. The second-order valence-electron chi connectivity index (χ2n) is 6.15. The Labute approximate surface area is 153 Å². The van der Waals surface area contributed by atoms with Gasteiger partial charge >= 0.3 is 0 Å². The van der Waals surface area contributed by atoms with Crippen LogP contribution < -0.4 is 0 Å². The Morgan fingerprint density at radius 3 is 2.38 bits per heavy atom. The Balaban J connectivity index is 0.000000272. The van der Waals surface area contributed by atoms with E-state index < -0.39 is 0 Å². The van der Waals surface area contributed by atoms with E-state index in [9.17, 15) is 4.79 Å². The van der Waals surface area contributed by atoms with Gasteiger partial charge < -0.3 is 9.84 Å². The molecule has 0 heterocycles. The minimum absolute atomic E-state index is 0.137. The summed E-state index contributed by atoms with van der Waals surface area (Å²) in [6, 6.07) is 3.85. The lowest BCUT2D eigenvalue weighted by atomic mass is 9.94. The van der Waals surface area contributed by atoms with Gasteiger partial charge in [-0.1, -0.05) is 34.1 Å². The van der Waals surface area contributed by atoms with Crippen LogP contribution in [0.3, 0.4) is 0 Å². The van der Waals surface area contributed by atoms with E-state index in [0.717, 1.165) is 27.4 Å². The number of aliphatic hydroxyl groups excluding tert-OH is 1. The smallest absolute Gasteiger partial charge is 0.163 e. The van der Waals surface area contributed by atoms with E-state index in [4.69, 9.17) is 9.84 Å². The van der Waals surface area contributed by atoms with Crippen molar-refractivity contribution in [3.8, 4) is 0 Å². The molecule has 1 N–H and O–H groups in total. The van der Waals surface area contributed by atoms with Gasteiger partial charge in [0, 0.05) is 11.6 Å². The quantitative estimate of drug-likeness (QED) is 0.407. The summed E-state index contributed by atoms with van der Waals surface area (Å²) >= 11 is 3.41. The second-order valence-corrected chi connectivity index (χ2v) is 7.00. The number of halogens is 1. The lowest BCUT2D eigenvalue weighted by Crippen LogP contribution is -2.14. The van der Waals surface area contributed by atoms with Crippen molar-refractivity contribution >= 4 is 27.3 Å². The fourth-order valence-electron chi connectivity index (χ4n) is 2.80. The van der Waals surface area contributed by atoms with Crippen LogP contribution in [0, 0.1) is 13.8 Å². The highest BCUT2D eigenvalue weighted by atomic mass is 79.9. The molecule has 0 unspecified atom stereocenters. The number of allylic oxidation sites excluding steroid dienone is 2. The molecule has 1 saturated carbocycles. The molecule has 1 aliphatic rings. The third kappa shape index (κ3) is 5.60. The number of hydrogen-bond acceptors (Lipinski definition) is 3. The maximum atomic E-state index is 11.3. The van der Waals surface area contributed by atoms with Crippen LogP contribution in [0.5, 0.6) is 0 Å². The predicted molar refractivity (Wildman–Crippen MR) is 103 cm³/mol. The van der Waals surface area contributed by atoms with Crippen LogP contribution in [0.15, 0.2) is 35.0 Å². The van der Waals surface area contributed by atoms with E-state index in [0.29, 0.717) is 11.7 Å². The Morgan fingerprint density at radius 1 is 1.33 bits per heavy atom. The summed E-state index contributed by atoms with van der Waals surface area (Å²) in [7, 11) is 1.79. The summed E-state index contributed by atoms with van der Waals surface area (Å²) in [5.41, 5.74) is 4.49. The average Bonchev–Trinajstić information content (AvgIpc) is 2.56. The van der Waals surface area contributed by atoms with Crippen molar-refractivity contribution in [1.29, 1.82) is 0 Å². The number of ether oxygens (including phenoxy) is 1. The SMILES string of the molecule is C=C1CCC(OC)CC1.CC(=O)/C(=C/O)c1c(C)ccc(Br)c1C. The van der Waals surface area contributed by atoms with Gasteiger partial charge in [0.15, 0.2) is 5.78 Å². The van der Waals surface area contributed by atoms with Crippen molar-refractivity contribution in [3.63, 3.8) is 0 Å². The molecular weight excluding hydrogens is 368 g/mol. The number of benzene rings is 1. The zero-order valence-electron chi connectivity index (χ0n) is 15.0. The summed E-state index contributed by atoms with van der Waals surface area (Å²) in [5.74, 6) is -0.137. The van der Waals surface area contributed by atoms with Crippen LogP contribution in [0.4, 0.5) is 0 Å². The van der Waals surface area contributed by atoms with E-state index in [1.54, 1.807) is 7.11 Å². The zero-order valence-corrected chi connectivity index (χ0v) is 16.6. The summed E-state index contributed by atoms with van der Waals surface area (Å²) < 4.78 is 6.13. The monoisotopic (exact) mass is 394 g/mol. The molecule has 3 nitrogen and oxygen atoms in total. The summed E-state index contributed by atoms with van der Waals surface area (Å²) in [4.78, 5) is 11.3. The highest BCUT2D eigenvalue weighted by molar-refractivity contribution is 9.10. The third-order valence-electron chi connectivity index (χ3n) is 4.36. The third-order valence-corrected chi connectivity index (χ3v) is 5.22. The van der Waals surface area contributed by atoms with E-state index in [-0.39, 0.29) is 5.78 Å². The van der Waals surface area contributed by atoms with Crippen LogP contribution >= 0.6 is 15.9 Å². The molecule has 0 aromatic heterocycles. The fourth-order valence-corrected chi connectivity index (χ4v) is 3.13. The summed E-state index contributed by atoms with van der Waals surface area (Å²) in [6.07, 6.45) is 6.07. The predicted octanol–water partition coefficient (Wildman–Crippen LogP) is 5.69. The number of hydrogen-bond donors (Lipinski definition) is 1. The van der Waals surface area contributed by atoms with Crippen molar-refractivity contribution in [2.45, 2.75) is 52.6 Å². The fraction of sp³-hybridized carbons (Fsp3) is 0.450. The first-order valence-electron chi connectivity index (χ1n) is 8.12. The average molecular weight is 395 g/mol. The van der Waals surface area contributed by atoms with Gasteiger partial charge in [-0.3, -0.25) is 4.79 Å². The van der Waals surface area contributed by atoms with Crippen LogP contribution in [-0.2, 0) is 9.53 Å². The Kier molecular flexibility index (Phi) is 8.43. The van der Waals surface area contributed by atoms with Crippen molar-refractivity contribution in [3.05, 3.63) is 51.7 Å². The number of carbonyl (C=O) groups excluding carboxylic acids is 1. The van der Waals surface area contributed by atoms with Crippen LogP contribution in [0.2, 0.25) is 0 Å². The number of rotatable bonds is 3. The van der Waals surface area contributed by atoms with Gasteiger partial charge in [0.2, 0.25) is 0 Å². The zero-order chi connectivity index (χ0) is 18.3. The van der Waals surface area contributed by atoms with Crippen molar-refractivity contribution < 1.29 is 14.6 Å². The van der Waals surface area contributed by atoms with Crippen LogP contribution in [0.25, 0.3) is 5.57 Å². The first-order chi connectivity index (χ1) is 11.3. The lowest BCUT2D eigenvalue weighted by molar-refractivity contribution is -0.111. The van der Waals surface area contributed by atoms with Crippen LogP contribution in [0.1, 0.15) is 49.3 Å². The number of ketones is 1. The molecule has 4 heteroatoms. The molecule has 0 aliphatic heterocycles. The molecule has 0 saturated heterocycles. The highest BCUT2D eigenvalue weighted by Gasteiger charge is 2.15. The van der Waals surface area contributed by atoms with Crippen molar-refractivity contribution in [2.75, 3.05) is 7.11 Å². The second kappa shape index (κ2) is 9.80. The van der Waals surface area contributed by atoms with Crippen molar-refractivity contribution in [2.24, 2.45) is 0 Å². The van der Waals surface area contributed by atoms with Gasteiger partial charge in [-0.05, 0) is 69.2 Å². The van der Waals surface area contributed by atoms with E-state index in [1.165, 1.54) is 38.2 Å². The number of aryl methyl sites for hydroxylation is 1. The molecule has 2 rings (SSSR count).